The molecule has 0 amide bonds. The third-order valence-electron chi connectivity index (χ3n) is 3.49. The number of nitrogens with one attached hydrogen (secondary N) is 1. The number of alkyl halides is 2. The molecule has 1 N–H and O–H groups in total. The van der Waals surface area contributed by atoms with Crippen molar-refractivity contribution in [3.8, 4) is 0 Å². The highest BCUT2D eigenvalue weighted by molar-refractivity contribution is 14.0. The summed E-state index contributed by atoms with van der Waals surface area (Å²) in [5, 5.41) is 3.07. The molecule has 0 radical (unpaired) electrons. The van der Waals surface area contributed by atoms with Gasteiger partial charge < -0.3 is 19.7 Å². The minimum absolute atomic E-state index is 0. The molecule has 0 saturated carbocycles. The SMILES string of the molecule is CCNC(=NCC(F)F)N1CCOC(C2CCCO2)C1.I. The lowest BCUT2D eigenvalue weighted by Crippen LogP contribution is -2.53. The molecule has 2 fully saturated rings. The molecule has 0 aromatic carbocycles. The van der Waals surface area contributed by atoms with Crippen LogP contribution in [-0.4, -0.2) is 68.9 Å². The van der Waals surface area contributed by atoms with E-state index in [-0.39, 0.29) is 36.2 Å². The zero-order chi connectivity index (χ0) is 14.4. The fraction of sp³-hybridized carbons (Fsp3) is 0.923. The van der Waals surface area contributed by atoms with E-state index < -0.39 is 13.0 Å². The Labute approximate surface area is 141 Å². The van der Waals surface area contributed by atoms with Gasteiger partial charge in [0.15, 0.2) is 5.96 Å². The van der Waals surface area contributed by atoms with E-state index in [9.17, 15) is 8.78 Å². The fourth-order valence-electron chi connectivity index (χ4n) is 2.57. The molecule has 2 unspecified atom stereocenters. The number of nitrogens with zero attached hydrogens (tertiary/aromatic N) is 2. The smallest absolute Gasteiger partial charge is 0.257 e. The number of aliphatic imine (C=N–C) groups is 1. The van der Waals surface area contributed by atoms with Gasteiger partial charge in [-0.05, 0) is 19.8 Å². The van der Waals surface area contributed by atoms with Crippen molar-refractivity contribution in [1.82, 2.24) is 10.2 Å². The molecule has 2 heterocycles. The molecule has 0 aromatic heterocycles. The van der Waals surface area contributed by atoms with Gasteiger partial charge in [-0.15, -0.1) is 24.0 Å². The Morgan fingerprint density at radius 2 is 2.10 bits per heavy atom. The predicted octanol–water partition coefficient (Wildman–Crippen LogP) is 1.71. The summed E-state index contributed by atoms with van der Waals surface area (Å²) in [5.74, 6) is 0.541. The van der Waals surface area contributed by atoms with Crippen LogP contribution >= 0.6 is 24.0 Å². The Kier molecular flexibility index (Phi) is 8.72. The normalized spacial score (nSPS) is 26.9. The molecule has 8 heteroatoms. The van der Waals surface area contributed by atoms with Crippen molar-refractivity contribution >= 4 is 29.9 Å². The van der Waals surface area contributed by atoms with E-state index in [0.29, 0.717) is 32.2 Å². The van der Waals surface area contributed by atoms with Gasteiger partial charge in [-0.2, -0.15) is 0 Å². The molecule has 5 nitrogen and oxygen atoms in total. The summed E-state index contributed by atoms with van der Waals surface area (Å²) in [6, 6.07) is 0. The van der Waals surface area contributed by atoms with E-state index in [0.717, 1.165) is 19.4 Å². The third kappa shape index (κ3) is 5.82. The lowest BCUT2D eigenvalue weighted by molar-refractivity contribution is -0.0817. The highest BCUT2D eigenvalue weighted by Gasteiger charge is 2.32. The van der Waals surface area contributed by atoms with Gasteiger partial charge in [0.25, 0.3) is 6.43 Å². The first-order chi connectivity index (χ1) is 9.70. The van der Waals surface area contributed by atoms with E-state index in [1.807, 2.05) is 11.8 Å². The molecule has 0 bridgehead atoms. The highest BCUT2D eigenvalue weighted by Crippen LogP contribution is 2.21. The van der Waals surface area contributed by atoms with Gasteiger partial charge in [-0.1, -0.05) is 0 Å². The summed E-state index contributed by atoms with van der Waals surface area (Å²) >= 11 is 0. The van der Waals surface area contributed by atoms with Crippen LogP contribution in [0, 0.1) is 0 Å². The Morgan fingerprint density at radius 1 is 1.33 bits per heavy atom. The van der Waals surface area contributed by atoms with Crippen molar-refractivity contribution in [2.24, 2.45) is 4.99 Å². The largest absolute Gasteiger partial charge is 0.375 e. The van der Waals surface area contributed by atoms with Crippen LogP contribution in [0.1, 0.15) is 19.8 Å². The van der Waals surface area contributed by atoms with Crippen molar-refractivity contribution in [2.75, 3.05) is 39.4 Å². The maximum Gasteiger partial charge on any atom is 0.257 e. The predicted molar refractivity (Wildman–Crippen MR) is 87.7 cm³/mol. The number of hydrogen-bond donors (Lipinski definition) is 1. The molecule has 21 heavy (non-hydrogen) atoms. The van der Waals surface area contributed by atoms with Gasteiger partial charge in [0, 0.05) is 26.2 Å². The Hall–Kier alpha value is -0.220. The first-order valence-corrected chi connectivity index (χ1v) is 7.25. The summed E-state index contributed by atoms with van der Waals surface area (Å²) in [6.45, 7) is 4.77. The lowest BCUT2D eigenvalue weighted by atomic mass is 10.1. The zero-order valence-electron chi connectivity index (χ0n) is 12.3. The average Bonchev–Trinajstić information content (AvgIpc) is 2.97. The molecule has 2 atom stereocenters. The van der Waals surface area contributed by atoms with Crippen LogP contribution in [0.25, 0.3) is 0 Å². The van der Waals surface area contributed by atoms with Gasteiger partial charge in [-0.3, -0.25) is 0 Å². The fourth-order valence-corrected chi connectivity index (χ4v) is 2.57. The number of rotatable bonds is 4. The Balaban J connectivity index is 0.00000220. The molecular formula is C13H24F2IN3O2. The topological polar surface area (TPSA) is 46.1 Å². The van der Waals surface area contributed by atoms with Crippen LogP contribution in [0.2, 0.25) is 0 Å². The van der Waals surface area contributed by atoms with E-state index in [2.05, 4.69) is 10.3 Å². The van der Waals surface area contributed by atoms with Crippen molar-refractivity contribution in [1.29, 1.82) is 0 Å². The van der Waals surface area contributed by atoms with E-state index in [4.69, 9.17) is 9.47 Å². The second-order valence-electron chi connectivity index (χ2n) is 4.99. The molecule has 2 rings (SSSR count). The molecule has 124 valence electrons. The minimum Gasteiger partial charge on any atom is -0.375 e. The van der Waals surface area contributed by atoms with E-state index in [1.165, 1.54) is 0 Å². The molecule has 2 aliphatic rings. The number of guanidine groups is 1. The summed E-state index contributed by atoms with van der Waals surface area (Å²) in [4.78, 5) is 5.97. The molecule has 0 spiro atoms. The van der Waals surface area contributed by atoms with Crippen LogP contribution in [0.15, 0.2) is 4.99 Å². The summed E-state index contributed by atoms with van der Waals surface area (Å²) < 4.78 is 36.0. The maximum absolute atomic E-state index is 12.3. The van der Waals surface area contributed by atoms with Gasteiger partial charge in [0.1, 0.15) is 12.6 Å². The molecule has 2 saturated heterocycles. The van der Waals surface area contributed by atoms with Crippen molar-refractivity contribution in [3.05, 3.63) is 0 Å². The van der Waals surface area contributed by atoms with Crippen LogP contribution in [0.4, 0.5) is 8.78 Å². The van der Waals surface area contributed by atoms with Gasteiger partial charge >= 0.3 is 0 Å². The lowest BCUT2D eigenvalue weighted by Gasteiger charge is -2.37. The summed E-state index contributed by atoms with van der Waals surface area (Å²) in [6.07, 6.45) is -0.233. The first kappa shape index (κ1) is 18.8. The van der Waals surface area contributed by atoms with Gasteiger partial charge in [-0.25, -0.2) is 13.8 Å². The quantitative estimate of drug-likeness (QED) is 0.428. The number of hydrogen-bond acceptors (Lipinski definition) is 3. The summed E-state index contributed by atoms with van der Waals surface area (Å²) in [5.41, 5.74) is 0. The molecule has 2 aliphatic heterocycles. The minimum atomic E-state index is -2.42. The molecular weight excluding hydrogens is 395 g/mol. The molecule has 0 aliphatic carbocycles. The number of morpholine rings is 1. The highest BCUT2D eigenvalue weighted by atomic mass is 127. The van der Waals surface area contributed by atoms with Crippen LogP contribution in [0.3, 0.4) is 0 Å². The second kappa shape index (κ2) is 9.73. The van der Waals surface area contributed by atoms with Crippen LogP contribution < -0.4 is 5.32 Å². The maximum atomic E-state index is 12.3. The van der Waals surface area contributed by atoms with E-state index in [1.54, 1.807) is 0 Å². The number of ether oxygens (including phenoxy) is 2. The number of halogens is 3. The Morgan fingerprint density at radius 3 is 2.71 bits per heavy atom. The molecule has 0 aromatic rings. The monoisotopic (exact) mass is 419 g/mol. The Bertz CT molecular complexity index is 329. The van der Waals surface area contributed by atoms with Gasteiger partial charge in [0.05, 0.1) is 12.7 Å². The van der Waals surface area contributed by atoms with Crippen molar-refractivity contribution < 1.29 is 18.3 Å². The zero-order valence-corrected chi connectivity index (χ0v) is 14.6. The van der Waals surface area contributed by atoms with Crippen molar-refractivity contribution in [2.45, 2.75) is 38.4 Å². The van der Waals surface area contributed by atoms with Crippen LogP contribution in [0.5, 0.6) is 0 Å². The first-order valence-electron chi connectivity index (χ1n) is 7.25. The second-order valence-corrected chi connectivity index (χ2v) is 4.99. The van der Waals surface area contributed by atoms with E-state index >= 15 is 0 Å². The average molecular weight is 419 g/mol. The third-order valence-corrected chi connectivity index (χ3v) is 3.49. The van der Waals surface area contributed by atoms with Crippen LogP contribution in [-0.2, 0) is 9.47 Å². The standard InChI is InChI=1S/C13H23F2N3O2.HI/c1-2-16-13(17-8-12(14)15)18-5-7-20-11(9-18)10-4-3-6-19-10;/h10-12H,2-9H2,1H3,(H,16,17);1H. The summed E-state index contributed by atoms with van der Waals surface area (Å²) in [7, 11) is 0. The van der Waals surface area contributed by atoms with Crippen molar-refractivity contribution in [3.63, 3.8) is 0 Å². The van der Waals surface area contributed by atoms with Gasteiger partial charge in [0.2, 0.25) is 0 Å².